The lowest BCUT2D eigenvalue weighted by Gasteiger charge is -2.19. The zero-order valence-corrected chi connectivity index (χ0v) is 13.7. The highest BCUT2D eigenvalue weighted by molar-refractivity contribution is 9.10. The van der Waals surface area contributed by atoms with Crippen molar-refractivity contribution in [1.82, 2.24) is 5.32 Å². The zero-order chi connectivity index (χ0) is 13.7. The van der Waals surface area contributed by atoms with Gasteiger partial charge < -0.3 is 5.32 Å². The van der Waals surface area contributed by atoms with Gasteiger partial charge in [0.15, 0.2) is 0 Å². The SMILES string of the molecule is CC(C)CCC(CNC1CC1)Cc1cccc(Br)c1. The van der Waals surface area contributed by atoms with Crippen molar-refractivity contribution in [3.8, 4) is 0 Å². The Bertz CT molecular complexity index is 379. The minimum Gasteiger partial charge on any atom is -0.314 e. The van der Waals surface area contributed by atoms with Gasteiger partial charge in [-0.15, -0.1) is 0 Å². The molecule has 1 unspecified atom stereocenters. The van der Waals surface area contributed by atoms with Gasteiger partial charge in [0.25, 0.3) is 0 Å². The Morgan fingerprint density at radius 1 is 1.26 bits per heavy atom. The van der Waals surface area contributed by atoms with Gasteiger partial charge in [0.1, 0.15) is 0 Å². The number of halogens is 1. The molecule has 1 aromatic carbocycles. The van der Waals surface area contributed by atoms with Crippen molar-refractivity contribution in [2.75, 3.05) is 6.54 Å². The molecule has 1 aliphatic carbocycles. The molecule has 106 valence electrons. The molecule has 0 aromatic heterocycles. The molecule has 2 heteroatoms. The molecule has 1 nitrogen and oxygen atoms in total. The average Bonchev–Trinajstić information content (AvgIpc) is 3.16. The second kappa shape index (κ2) is 7.44. The third-order valence-corrected chi connectivity index (χ3v) is 4.33. The maximum atomic E-state index is 3.70. The van der Waals surface area contributed by atoms with Crippen LogP contribution in [0.1, 0.15) is 45.1 Å². The van der Waals surface area contributed by atoms with E-state index in [2.05, 4.69) is 59.4 Å². The summed E-state index contributed by atoms with van der Waals surface area (Å²) in [4.78, 5) is 0. The zero-order valence-electron chi connectivity index (χ0n) is 12.2. The molecule has 1 saturated carbocycles. The standard InChI is InChI=1S/C17H26BrN/c1-13(2)6-7-15(12-19-17-8-9-17)10-14-4-3-5-16(18)11-14/h3-5,11,13,15,17,19H,6-10,12H2,1-2H3. The molecular weight excluding hydrogens is 298 g/mol. The average molecular weight is 324 g/mol. The molecule has 0 saturated heterocycles. The van der Waals surface area contributed by atoms with Crippen molar-refractivity contribution in [3.63, 3.8) is 0 Å². The highest BCUT2D eigenvalue weighted by Crippen LogP contribution is 2.22. The monoisotopic (exact) mass is 323 g/mol. The highest BCUT2D eigenvalue weighted by Gasteiger charge is 2.22. The first-order chi connectivity index (χ1) is 9.13. The van der Waals surface area contributed by atoms with Gasteiger partial charge in [-0.25, -0.2) is 0 Å². The lowest BCUT2D eigenvalue weighted by atomic mass is 9.92. The Labute approximate surface area is 126 Å². The van der Waals surface area contributed by atoms with Gasteiger partial charge >= 0.3 is 0 Å². The van der Waals surface area contributed by atoms with Crippen LogP contribution in [-0.4, -0.2) is 12.6 Å². The number of hydrogen-bond acceptors (Lipinski definition) is 1. The maximum absolute atomic E-state index is 3.70. The molecule has 2 rings (SSSR count). The van der Waals surface area contributed by atoms with E-state index in [1.165, 1.54) is 48.7 Å². The summed E-state index contributed by atoms with van der Waals surface area (Å²) in [5.74, 6) is 1.59. The quantitative estimate of drug-likeness (QED) is 0.724. The van der Waals surface area contributed by atoms with Crippen molar-refractivity contribution < 1.29 is 0 Å². The first-order valence-electron chi connectivity index (χ1n) is 7.61. The minimum absolute atomic E-state index is 0.775. The van der Waals surface area contributed by atoms with Crippen molar-refractivity contribution >= 4 is 15.9 Å². The fraction of sp³-hybridized carbons (Fsp3) is 0.647. The Hall–Kier alpha value is -0.340. The van der Waals surface area contributed by atoms with Crippen LogP contribution in [0.3, 0.4) is 0 Å². The summed E-state index contributed by atoms with van der Waals surface area (Å²) in [6.07, 6.45) is 6.64. The smallest absolute Gasteiger partial charge is 0.0177 e. The molecule has 1 atom stereocenters. The molecule has 0 radical (unpaired) electrons. The summed E-state index contributed by atoms with van der Waals surface area (Å²) >= 11 is 3.57. The number of benzene rings is 1. The fourth-order valence-electron chi connectivity index (χ4n) is 2.46. The van der Waals surface area contributed by atoms with E-state index in [0.29, 0.717) is 0 Å². The van der Waals surface area contributed by atoms with Gasteiger partial charge in [0, 0.05) is 10.5 Å². The van der Waals surface area contributed by atoms with Crippen molar-refractivity contribution in [3.05, 3.63) is 34.3 Å². The van der Waals surface area contributed by atoms with E-state index in [0.717, 1.165) is 17.9 Å². The van der Waals surface area contributed by atoms with Crippen LogP contribution >= 0.6 is 15.9 Å². The Balaban J connectivity index is 1.86. The topological polar surface area (TPSA) is 12.0 Å². The van der Waals surface area contributed by atoms with Crippen LogP contribution in [0.4, 0.5) is 0 Å². The fourth-order valence-corrected chi connectivity index (χ4v) is 2.91. The van der Waals surface area contributed by atoms with Crippen LogP contribution < -0.4 is 5.32 Å². The third-order valence-electron chi connectivity index (χ3n) is 3.84. The molecule has 0 spiro atoms. The molecule has 1 N–H and O–H groups in total. The molecule has 1 aromatic rings. The predicted molar refractivity (Wildman–Crippen MR) is 86.4 cm³/mol. The minimum atomic E-state index is 0.775. The molecule has 0 aliphatic heterocycles. The molecule has 0 heterocycles. The van der Waals surface area contributed by atoms with Crippen LogP contribution in [0.5, 0.6) is 0 Å². The summed E-state index contributed by atoms with van der Waals surface area (Å²) in [7, 11) is 0. The van der Waals surface area contributed by atoms with E-state index in [-0.39, 0.29) is 0 Å². The summed E-state index contributed by atoms with van der Waals surface area (Å²) in [6, 6.07) is 9.59. The van der Waals surface area contributed by atoms with E-state index < -0.39 is 0 Å². The van der Waals surface area contributed by atoms with E-state index in [1.807, 2.05) is 0 Å². The van der Waals surface area contributed by atoms with Crippen molar-refractivity contribution in [2.24, 2.45) is 11.8 Å². The Morgan fingerprint density at radius 3 is 2.68 bits per heavy atom. The third kappa shape index (κ3) is 6.09. The number of hydrogen-bond donors (Lipinski definition) is 1. The Morgan fingerprint density at radius 2 is 2.05 bits per heavy atom. The normalized spacial score (nSPS) is 16.8. The van der Waals surface area contributed by atoms with Gasteiger partial charge in [-0.05, 0) is 61.8 Å². The van der Waals surface area contributed by atoms with Gasteiger partial charge in [-0.3, -0.25) is 0 Å². The van der Waals surface area contributed by atoms with Gasteiger partial charge in [-0.1, -0.05) is 48.3 Å². The second-order valence-electron chi connectivity index (χ2n) is 6.35. The van der Waals surface area contributed by atoms with Crippen LogP contribution in [0.25, 0.3) is 0 Å². The van der Waals surface area contributed by atoms with Gasteiger partial charge in [0.2, 0.25) is 0 Å². The molecule has 0 bridgehead atoms. The van der Waals surface area contributed by atoms with Crippen LogP contribution in [0, 0.1) is 11.8 Å². The summed E-state index contributed by atoms with van der Waals surface area (Å²) in [5.41, 5.74) is 1.46. The highest BCUT2D eigenvalue weighted by atomic mass is 79.9. The number of nitrogens with one attached hydrogen (secondary N) is 1. The lowest BCUT2D eigenvalue weighted by molar-refractivity contribution is 0.397. The van der Waals surface area contributed by atoms with Crippen LogP contribution in [-0.2, 0) is 6.42 Å². The molecule has 19 heavy (non-hydrogen) atoms. The van der Waals surface area contributed by atoms with Crippen molar-refractivity contribution in [1.29, 1.82) is 0 Å². The molecule has 0 amide bonds. The second-order valence-corrected chi connectivity index (χ2v) is 7.27. The molecule has 1 fully saturated rings. The van der Waals surface area contributed by atoms with E-state index in [4.69, 9.17) is 0 Å². The molecule has 1 aliphatic rings. The van der Waals surface area contributed by atoms with Crippen molar-refractivity contribution in [2.45, 2.75) is 52.0 Å². The largest absolute Gasteiger partial charge is 0.314 e. The summed E-state index contributed by atoms with van der Waals surface area (Å²) in [5, 5.41) is 3.70. The first-order valence-corrected chi connectivity index (χ1v) is 8.40. The van der Waals surface area contributed by atoms with E-state index in [1.54, 1.807) is 0 Å². The van der Waals surface area contributed by atoms with Crippen LogP contribution in [0.2, 0.25) is 0 Å². The summed E-state index contributed by atoms with van der Waals surface area (Å²) in [6.45, 7) is 5.83. The Kier molecular flexibility index (Phi) is 5.90. The first kappa shape index (κ1) is 15.1. The van der Waals surface area contributed by atoms with E-state index in [9.17, 15) is 0 Å². The maximum Gasteiger partial charge on any atom is 0.0177 e. The molecular formula is C17H26BrN. The van der Waals surface area contributed by atoms with Gasteiger partial charge in [0.05, 0.1) is 0 Å². The predicted octanol–water partition coefficient (Wildman–Crippen LogP) is 4.80. The van der Waals surface area contributed by atoms with Crippen LogP contribution in [0.15, 0.2) is 28.7 Å². The lowest BCUT2D eigenvalue weighted by Crippen LogP contribution is -2.26. The van der Waals surface area contributed by atoms with Gasteiger partial charge in [-0.2, -0.15) is 0 Å². The number of rotatable bonds is 8. The summed E-state index contributed by atoms with van der Waals surface area (Å²) < 4.78 is 1.20. The van der Waals surface area contributed by atoms with E-state index >= 15 is 0 Å².